The first-order valence-corrected chi connectivity index (χ1v) is 20.7. The van der Waals surface area contributed by atoms with E-state index in [9.17, 15) is 9.59 Å². The summed E-state index contributed by atoms with van der Waals surface area (Å²) in [6.07, 6.45) is 6.37. The van der Waals surface area contributed by atoms with Crippen LogP contribution in [-0.4, -0.2) is 78.0 Å². The summed E-state index contributed by atoms with van der Waals surface area (Å²) in [7, 11) is 0. The molecule has 54 heavy (non-hydrogen) atoms. The van der Waals surface area contributed by atoms with Gasteiger partial charge in [0, 0.05) is 58.4 Å². The monoisotopic (exact) mass is 805 g/mol. The Hall–Kier alpha value is -4.43. The lowest BCUT2D eigenvalue weighted by molar-refractivity contribution is 0.0523. The standard InChI is InChI=1S/C39H41Cl2N7O4S2/c1-3-51-36(49)32-30(44-38(47-19-7-5-8-20-47)42-26-15-11-24(40)12-16-26)28-23-29-31(33(37(50)52-4-2)54-35(29)46-34(28)53-32)45-39(48-21-9-6-10-22-48)43-27-17-13-25(41)14-18-27/h11-18,23H,3-10,19-22H2,1-2H3,(H,42,44)(H,43,45). The summed E-state index contributed by atoms with van der Waals surface area (Å²) in [6.45, 7) is 7.22. The average Bonchev–Trinajstić information content (AvgIpc) is 3.73. The van der Waals surface area contributed by atoms with E-state index in [2.05, 4.69) is 20.4 Å². The van der Waals surface area contributed by atoms with E-state index in [1.54, 1.807) is 13.8 Å². The fourth-order valence-corrected chi connectivity index (χ4v) is 8.80. The van der Waals surface area contributed by atoms with Crippen molar-refractivity contribution in [2.45, 2.75) is 52.4 Å². The van der Waals surface area contributed by atoms with Crippen molar-refractivity contribution in [2.24, 2.45) is 9.98 Å². The zero-order valence-electron chi connectivity index (χ0n) is 30.1. The van der Waals surface area contributed by atoms with Crippen molar-refractivity contribution in [2.75, 3.05) is 50.0 Å². The van der Waals surface area contributed by atoms with Gasteiger partial charge in [-0.3, -0.25) is 0 Å². The molecular weight excluding hydrogens is 766 g/mol. The molecule has 2 aromatic carbocycles. The molecule has 2 aliphatic rings. The fourth-order valence-electron chi connectivity index (χ4n) is 6.51. The number of hydrogen-bond acceptors (Lipinski definition) is 9. The number of nitrogens with zero attached hydrogens (tertiary/aromatic N) is 5. The molecule has 7 rings (SSSR count). The Bertz CT molecular complexity index is 2040. The van der Waals surface area contributed by atoms with E-state index in [-0.39, 0.29) is 13.2 Å². The van der Waals surface area contributed by atoms with Crippen molar-refractivity contribution < 1.29 is 19.1 Å². The summed E-state index contributed by atoms with van der Waals surface area (Å²) < 4.78 is 11.1. The maximum atomic E-state index is 13.6. The molecule has 2 aliphatic heterocycles. The minimum atomic E-state index is -0.475. The highest BCUT2D eigenvalue weighted by Crippen LogP contribution is 2.45. The average molecular weight is 807 g/mol. The molecule has 2 N–H and O–H groups in total. The number of guanidine groups is 2. The van der Waals surface area contributed by atoms with Crippen molar-refractivity contribution in [3.8, 4) is 0 Å². The zero-order valence-corrected chi connectivity index (χ0v) is 33.3. The second kappa shape index (κ2) is 17.4. The summed E-state index contributed by atoms with van der Waals surface area (Å²) in [4.78, 5) is 48.9. The lowest BCUT2D eigenvalue weighted by atomic mass is 10.1. The van der Waals surface area contributed by atoms with Gasteiger partial charge in [0.2, 0.25) is 11.9 Å². The highest BCUT2D eigenvalue weighted by molar-refractivity contribution is 7.23. The van der Waals surface area contributed by atoms with Crippen LogP contribution in [0.25, 0.3) is 20.4 Å². The summed E-state index contributed by atoms with van der Waals surface area (Å²) in [6, 6.07) is 16.8. The number of aliphatic imine (C=N–C) groups is 2. The molecule has 5 aromatic rings. The number of nitrogens with one attached hydrogen (secondary N) is 2. The first kappa shape index (κ1) is 37.9. The van der Waals surface area contributed by atoms with Gasteiger partial charge < -0.3 is 29.9 Å². The highest BCUT2D eigenvalue weighted by Gasteiger charge is 2.28. The van der Waals surface area contributed by atoms with Gasteiger partial charge in [0.15, 0.2) is 0 Å². The molecule has 15 heteroatoms. The van der Waals surface area contributed by atoms with Crippen LogP contribution in [0.1, 0.15) is 71.7 Å². The molecule has 0 spiro atoms. The molecule has 0 amide bonds. The lowest BCUT2D eigenvalue weighted by Crippen LogP contribution is -2.40. The van der Waals surface area contributed by atoms with Gasteiger partial charge in [-0.15, -0.1) is 22.7 Å². The van der Waals surface area contributed by atoms with Gasteiger partial charge in [0.1, 0.15) is 30.8 Å². The van der Waals surface area contributed by atoms with Crippen LogP contribution in [0.3, 0.4) is 0 Å². The molecule has 0 unspecified atom stereocenters. The number of thiophene rings is 2. The molecule has 11 nitrogen and oxygen atoms in total. The molecule has 0 atom stereocenters. The highest BCUT2D eigenvalue weighted by atomic mass is 35.5. The predicted octanol–water partition coefficient (Wildman–Crippen LogP) is 10.3. The zero-order chi connectivity index (χ0) is 37.6. The Labute approximate surface area is 332 Å². The van der Waals surface area contributed by atoms with E-state index in [4.69, 9.17) is 47.6 Å². The van der Waals surface area contributed by atoms with E-state index in [0.717, 1.165) is 76.1 Å². The first-order chi connectivity index (χ1) is 26.3. The smallest absolute Gasteiger partial charge is 0.350 e. The third kappa shape index (κ3) is 8.59. The third-order valence-corrected chi connectivity index (χ3v) is 11.8. The SMILES string of the molecule is CCOC(=O)c1sc2nc3sc(C(=O)OCC)c(N=C(Nc4ccc(Cl)cc4)N4CCCCC4)c3cc2c1N=C(Nc1ccc(Cl)cc1)N1CCCCC1. The van der Waals surface area contributed by atoms with Gasteiger partial charge in [0.25, 0.3) is 0 Å². The van der Waals surface area contributed by atoms with Crippen LogP contribution in [0.4, 0.5) is 22.7 Å². The van der Waals surface area contributed by atoms with Gasteiger partial charge in [-0.25, -0.2) is 24.6 Å². The summed E-state index contributed by atoms with van der Waals surface area (Å²) in [5.41, 5.74) is 2.51. The number of piperidine rings is 2. The molecule has 5 heterocycles. The van der Waals surface area contributed by atoms with Crippen LogP contribution in [0, 0.1) is 0 Å². The number of hydrogen-bond donors (Lipinski definition) is 2. The van der Waals surface area contributed by atoms with Crippen molar-refractivity contribution in [1.29, 1.82) is 0 Å². The minimum Gasteiger partial charge on any atom is -0.462 e. The van der Waals surface area contributed by atoms with Crippen LogP contribution < -0.4 is 10.6 Å². The molecule has 0 bridgehead atoms. The van der Waals surface area contributed by atoms with Crippen LogP contribution in [0.15, 0.2) is 64.6 Å². The number of carbonyl (C=O) groups is 2. The van der Waals surface area contributed by atoms with Gasteiger partial charge >= 0.3 is 11.9 Å². The second-order valence-corrected chi connectivity index (χ2v) is 15.8. The maximum absolute atomic E-state index is 13.6. The van der Waals surface area contributed by atoms with Gasteiger partial charge in [-0.05, 0) is 107 Å². The Balaban J connectivity index is 1.43. The van der Waals surface area contributed by atoms with Crippen LogP contribution in [-0.2, 0) is 9.47 Å². The molecule has 282 valence electrons. The van der Waals surface area contributed by atoms with Crippen molar-refractivity contribution in [3.63, 3.8) is 0 Å². The van der Waals surface area contributed by atoms with Gasteiger partial charge in [-0.2, -0.15) is 0 Å². The van der Waals surface area contributed by atoms with Gasteiger partial charge in [-0.1, -0.05) is 23.2 Å². The third-order valence-electron chi connectivity index (χ3n) is 9.16. The molecule has 0 radical (unpaired) electrons. The number of halogens is 2. The van der Waals surface area contributed by atoms with Crippen molar-refractivity contribution in [3.05, 3.63) is 74.4 Å². The summed E-state index contributed by atoms with van der Waals surface area (Å²) in [5, 5.41) is 9.55. The van der Waals surface area contributed by atoms with E-state index in [0.29, 0.717) is 63.5 Å². The quantitative estimate of drug-likeness (QED) is 0.0897. The van der Waals surface area contributed by atoms with Crippen LogP contribution in [0.5, 0.6) is 0 Å². The number of carbonyl (C=O) groups excluding carboxylic acids is 2. The number of fused-ring (bicyclic) bond motifs is 2. The number of benzene rings is 2. The Morgan fingerprint density at radius 2 is 1.06 bits per heavy atom. The summed E-state index contributed by atoms with van der Waals surface area (Å²) in [5.74, 6) is 0.268. The van der Waals surface area contributed by atoms with Crippen LogP contribution >= 0.6 is 45.9 Å². The largest absolute Gasteiger partial charge is 0.462 e. The second-order valence-electron chi connectivity index (χ2n) is 12.9. The maximum Gasteiger partial charge on any atom is 0.350 e. The summed E-state index contributed by atoms with van der Waals surface area (Å²) >= 11 is 14.9. The topological polar surface area (TPSA) is 121 Å². The molecule has 2 fully saturated rings. The molecular formula is C39H41Cl2N7O4S2. The molecule has 0 saturated carbocycles. The van der Waals surface area contributed by atoms with E-state index in [1.807, 2.05) is 54.6 Å². The number of anilines is 2. The number of rotatable bonds is 8. The molecule has 0 aliphatic carbocycles. The van der Waals surface area contributed by atoms with E-state index in [1.165, 1.54) is 22.7 Å². The minimum absolute atomic E-state index is 0.211. The number of pyridine rings is 1. The van der Waals surface area contributed by atoms with E-state index < -0.39 is 11.9 Å². The molecule has 2 saturated heterocycles. The fraction of sp³-hybridized carbons (Fsp3) is 0.359. The number of aromatic nitrogens is 1. The normalized spacial score (nSPS) is 15.5. The van der Waals surface area contributed by atoms with Gasteiger partial charge in [0.05, 0.1) is 13.2 Å². The predicted molar refractivity (Wildman–Crippen MR) is 222 cm³/mol. The number of likely N-dealkylation sites (tertiary alicyclic amines) is 2. The Morgan fingerprint density at radius 1 is 0.667 bits per heavy atom. The lowest BCUT2D eigenvalue weighted by Gasteiger charge is -2.30. The van der Waals surface area contributed by atoms with E-state index >= 15 is 0 Å². The number of esters is 2. The Morgan fingerprint density at radius 3 is 1.43 bits per heavy atom. The first-order valence-electron chi connectivity index (χ1n) is 18.3. The Kier molecular flexibility index (Phi) is 12.2. The number of ether oxygens (including phenoxy) is 2. The van der Waals surface area contributed by atoms with Crippen molar-refractivity contribution >= 4 is 113 Å². The van der Waals surface area contributed by atoms with Crippen LogP contribution in [0.2, 0.25) is 10.0 Å². The van der Waals surface area contributed by atoms with Crippen molar-refractivity contribution in [1.82, 2.24) is 14.8 Å². The molecule has 3 aromatic heterocycles.